The molecule has 0 atom stereocenters. The standard InChI is InChI=1S/C20H22N6O4S/c1-30-19-13-14(25-26-9-11-31(28,29)12-10-26)5-6-17(19)23-20(27)18-4-2-3-15(22-18)16-7-8-21-24-16/h2-8,13,25H,9-12H2,1H3,(H,21,24)(H,23,27). The third-order valence-corrected chi connectivity index (χ3v) is 6.44. The van der Waals surface area contributed by atoms with Crippen LogP contribution in [-0.2, 0) is 9.84 Å². The summed E-state index contributed by atoms with van der Waals surface area (Å²) in [6.45, 7) is 0.808. The number of amides is 1. The van der Waals surface area contributed by atoms with Crippen molar-refractivity contribution in [3.63, 3.8) is 0 Å². The van der Waals surface area contributed by atoms with Crippen LogP contribution in [-0.4, -0.2) is 66.2 Å². The minimum Gasteiger partial charge on any atom is -0.494 e. The molecule has 0 radical (unpaired) electrons. The Labute approximate surface area is 179 Å². The Morgan fingerprint density at radius 2 is 1.94 bits per heavy atom. The van der Waals surface area contributed by atoms with Gasteiger partial charge in [0.2, 0.25) is 0 Å². The van der Waals surface area contributed by atoms with Crippen LogP contribution in [0.15, 0.2) is 48.7 Å². The maximum atomic E-state index is 12.7. The maximum Gasteiger partial charge on any atom is 0.274 e. The first kappa shape index (κ1) is 20.8. The van der Waals surface area contributed by atoms with Crippen molar-refractivity contribution in [3.8, 4) is 17.1 Å². The highest BCUT2D eigenvalue weighted by atomic mass is 32.2. The van der Waals surface area contributed by atoms with E-state index in [0.717, 1.165) is 5.69 Å². The normalized spacial score (nSPS) is 15.9. The number of anilines is 2. The lowest BCUT2D eigenvalue weighted by atomic mass is 10.2. The van der Waals surface area contributed by atoms with Crippen molar-refractivity contribution in [1.29, 1.82) is 0 Å². The number of carbonyl (C=O) groups excluding carboxylic acids is 1. The van der Waals surface area contributed by atoms with Gasteiger partial charge in [-0.3, -0.25) is 9.89 Å². The zero-order valence-corrected chi connectivity index (χ0v) is 17.6. The first-order valence-corrected chi connectivity index (χ1v) is 11.4. The second kappa shape index (κ2) is 8.74. The third kappa shape index (κ3) is 5.01. The van der Waals surface area contributed by atoms with Crippen LogP contribution in [0.3, 0.4) is 0 Å². The van der Waals surface area contributed by atoms with E-state index in [1.807, 2.05) is 5.01 Å². The monoisotopic (exact) mass is 442 g/mol. The van der Waals surface area contributed by atoms with Crippen LogP contribution in [0.4, 0.5) is 11.4 Å². The van der Waals surface area contributed by atoms with E-state index in [2.05, 4.69) is 25.9 Å². The van der Waals surface area contributed by atoms with Crippen molar-refractivity contribution in [2.75, 3.05) is 42.4 Å². The summed E-state index contributed by atoms with van der Waals surface area (Å²) >= 11 is 0. The molecule has 1 amide bonds. The van der Waals surface area contributed by atoms with E-state index in [4.69, 9.17) is 4.74 Å². The second-order valence-corrected chi connectivity index (χ2v) is 9.29. The number of aromatic amines is 1. The summed E-state index contributed by atoms with van der Waals surface area (Å²) in [7, 11) is -1.44. The van der Waals surface area contributed by atoms with Crippen LogP contribution >= 0.6 is 0 Å². The van der Waals surface area contributed by atoms with Gasteiger partial charge in [0.15, 0.2) is 9.84 Å². The molecule has 11 heteroatoms. The van der Waals surface area contributed by atoms with Gasteiger partial charge >= 0.3 is 0 Å². The summed E-state index contributed by atoms with van der Waals surface area (Å²) in [5.74, 6) is 0.328. The van der Waals surface area contributed by atoms with Crippen molar-refractivity contribution < 1.29 is 17.9 Å². The molecular weight excluding hydrogens is 420 g/mol. The van der Waals surface area contributed by atoms with Gasteiger partial charge in [0, 0.05) is 25.4 Å². The predicted molar refractivity (Wildman–Crippen MR) is 117 cm³/mol. The Bertz CT molecular complexity index is 1170. The largest absolute Gasteiger partial charge is 0.494 e. The lowest BCUT2D eigenvalue weighted by Crippen LogP contribution is -2.43. The molecule has 0 spiro atoms. The van der Waals surface area contributed by atoms with Gasteiger partial charge in [-0.1, -0.05) is 6.07 Å². The molecule has 2 aromatic heterocycles. The summed E-state index contributed by atoms with van der Waals surface area (Å²) < 4.78 is 28.6. The van der Waals surface area contributed by atoms with Crippen molar-refractivity contribution in [3.05, 3.63) is 54.4 Å². The number of H-pyrrole nitrogens is 1. The van der Waals surface area contributed by atoms with Gasteiger partial charge < -0.3 is 15.5 Å². The molecule has 162 valence electrons. The number of methoxy groups -OCH3 is 1. The molecule has 1 aromatic carbocycles. The van der Waals surface area contributed by atoms with Crippen LogP contribution in [0, 0.1) is 0 Å². The van der Waals surface area contributed by atoms with Gasteiger partial charge in [-0.25, -0.2) is 18.4 Å². The fraction of sp³-hybridized carbons (Fsp3) is 0.250. The van der Waals surface area contributed by atoms with Crippen LogP contribution in [0.2, 0.25) is 0 Å². The van der Waals surface area contributed by atoms with Crippen molar-refractivity contribution in [1.82, 2.24) is 20.2 Å². The molecule has 3 aromatic rings. The van der Waals surface area contributed by atoms with E-state index >= 15 is 0 Å². The van der Waals surface area contributed by atoms with E-state index in [-0.39, 0.29) is 23.1 Å². The number of hydrogen-bond donors (Lipinski definition) is 3. The Kier molecular flexibility index (Phi) is 5.87. The SMILES string of the molecule is COc1cc(NN2CCS(=O)(=O)CC2)ccc1NC(=O)c1cccc(-c2cc[nH]n2)n1. The van der Waals surface area contributed by atoms with Crippen molar-refractivity contribution in [2.24, 2.45) is 0 Å². The number of aromatic nitrogens is 3. The highest BCUT2D eigenvalue weighted by Crippen LogP contribution is 2.29. The number of nitrogens with zero attached hydrogens (tertiary/aromatic N) is 3. The average molecular weight is 443 g/mol. The number of carbonyl (C=O) groups is 1. The number of hydrogen-bond acceptors (Lipinski definition) is 8. The van der Waals surface area contributed by atoms with E-state index in [0.29, 0.717) is 35.9 Å². The number of rotatable bonds is 6. The molecule has 3 N–H and O–H groups in total. The molecule has 3 heterocycles. The lowest BCUT2D eigenvalue weighted by Gasteiger charge is -2.28. The second-order valence-electron chi connectivity index (χ2n) is 6.99. The summed E-state index contributed by atoms with van der Waals surface area (Å²) in [5.41, 5.74) is 5.89. The fourth-order valence-electron chi connectivity index (χ4n) is 3.16. The van der Waals surface area contributed by atoms with Gasteiger partial charge in [-0.2, -0.15) is 5.10 Å². The van der Waals surface area contributed by atoms with Gasteiger partial charge in [0.05, 0.1) is 35.7 Å². The topological polar surface area (TPSA) is 129 Å². The summed E-state index contributed by atoms with van der Waals surface area (Å²) in [5, 5.41) is 11.5. The van der Waals surface area contributed by atoms with E-state index in [9.17, 15) is 13.2 Å². The van der Waals surface area contributed by atoms with Gasteiger partial charge in [0.25, 0.3) is 5.91 Å². The molecule has 0 bridgehead atoms. The van der Waals surface area contributed by atoms with Crippen LogP contribution < -0.4 is 15.5 Å². The highest BCUT2D eigenvalue weighted by molar-refractivity contribution is 7.91. The lowest BCUT2D eigenvalue weighted by molar-refractivity contribution is 0.102. The van der Waals surface area contributed by atoms with E-state index in [1.165, 1.54) is 7.11 Å². The summed E-state index contributed by atoms with van der Waals surface area (Å²) in [6.07, 6.45) is 1.69. The predicted octanol–water partition coefficient (Wildman–Crippen LogP) is 1.79. The molecule has 0 unspecified atom stereocenters. The van der Waals surface area contributed by atoms with Crippen molar-refractivity contribution >= 4 is 27.1 Å². The summed E-state index contributed by atoms with van der Waals surface area (Å²) in [4.78, 5) is 17.1. The fourth-order valence-corrected chi connectivity index (χ4v) is 4.37. The smallest absolute Gasteiger partial charge is 0.274 e. The number of ether oxygens (including phenoxy) is 1. The Balaban J connectivity index is 1.46. The minimum atomic E-state index is -2.95. The molecule has 0 saturated carbocycles. The molecule has 1 aliphatic rings. The average Bonchev–Trinajstić information content (AvgIpc) is 3.31. The maximum absolute atomic E-state index is 12.7. The zero-order valence-electron chi connectivity index (χ0n) is 16.8. The molecule has 1 saturated heterocycles. The molecule has 1 fully saturated rings. The number of hydrazine groups is 1. The quantitative estimate of drug-likeness (QED) is 0.527. The molecule has 1 aliphatic heterocycles. The minimum absolute atomic E-state index is 0.121. The molecule has 10 nitrogen and oxygen atoms in total. The Morgan fingerprint density at radius 3 is 2.65 bits per heavy atom. The number of sulfone groups is 1. The molecule has 0 aliphatic carbocycles. The highest BCUT2D eigenvalue weighted by Gasteiger charge is 2.22. The molecule has 4 rings (SSSR count). The van der Waals surface area contributed by atoms with Gasteiger partial charge in [-0.05, 0) is 30.3 Å². The zero-order chi connectivity index (χ0) is 21.8. The van der Waals surface area contributed by atoms with Gasteiger partial charge in [-0.15, -0.1) is 0 Å². The van der Waals surface area contributed by atoms with Crippen molar-refractivity contribution in [2.45, 2.75) is 0 Å². The summed E-state index contributed by atoms with van der Waals surface area (Å²) in [6, 6.07) is 12.2. The van der Waals surface area contributed by atoms with Crippen LogP contribution in [0.25, 0.3) is 11.4 Å². The first-order valence-electron chi connectivity index (χ1n) is 9.62. The Hall–Kier alpha value is -3.44. The van der Waals surface area contributed by atoms with E-state index in [1.54, 1.807) is 48.7 Å². The molecular formula is C20H22N6O4S. The number of pyridine rings is 1. The number of nitrogens with one attached hydrogen (secondary N) is 3. The van der Waals surface area contributed by atoms with E-state index < -0.39 is 9.84 Å². The molecule has 31 heavy (non-hydrogen) atoms. The third-order valence-electron chi connectivity index (χ3n) is 4.83. The van der Waals surface area contributed by atoms with Gasteiger partial charge in [0.1, 0.15) is 17.1 Å². The van der Waals surface area contributed by atoms with Crippen LogP contribution in [0.1, 0.15) is 10.5 Å². The number of benzene rings is 1. The van der Waals surface area contributed by atoms with Crippen LogP contribution in [0.5, 0.6) is 5.75 Å². The Morgan fingerprint density at radius 1 is 1.13 bits per heavy atom. The first-order chi connectivity index (χ1) is 14.9.